The highest BCUT2D eigenvalue weighted by atomic mass is 14.7. The summed E-state index contributed by atoms with van der Waals surface area (Å²) in [5.41, 5.74) is 27.4. The average molecular weight is 408 g/mol. The highest BCUT2D eigenvalue weighted by Gasteiger charge is 2.18. The molecule has 0 spiro atoms. The molecule has 0 bridgehead atoms. The number of rotatable bonds is 5. The monoisotopic (exact) mass is 407 g/mol. The summed E-state index contributed by atoms with van der Waals surface area (Å²) in [6.07, 6.45) is 0.889. The zero-order chi connectivity index (χ0) is 22.0. The van der Waals surface area contributed by atoms with Crippen LogP contribution >= 0.6 is 0 Å². The van der Waals surface area contributed by atoms with Gasteiger partial charge in [0.1, 0.15) is 0 Å². The van der Waals surface area contributed by atoms with Gasteiger partial charge in [0.15, 0.2) is 0 Å². The minimum atomic E-state index is -0.320. The van der Waals surface area contributed by atoms with E-state index in [4.69, 9.17) is 17.2 Å². The molecule has 0 aliphatic rings. The van der Waals surface area contributed by atoms with Gasteiger partial charge in [-0.15, -0.1) is 0 Å². The van der Waals surface area contributed by atoms with Crippen LogP contribution in [0.25, 0.3) is 33.4 Å². The first-order chi connectivity index (χ1) is 14.9. The van der Waals surface area contributed by atoms with Crippen molar-refractivity contribution in [3.8, 4) is 33.4 Å². The van der Waals surface area contributed by atoms with Gasteiger partial charge in [-0.25, -0.2) is 0 Å². The summed E-state index contributed by atoms with van der Waals surface area (Å²) in [7, 11) is 0. The molecule has 0 heterocycles. The van der Waals surface area contributed by atoms with E-state index in [0.29, 0.717) is 0 Å². The highest BCUT2D eigenvalue weighted by Crippen LogP contribution is 2.34. The van der Waals surface area contributed by atoms with Crippen molar-refractivity contribution in [2.75, 3.05) is 11.5 Å². The predicted octanol–water partition coefficient (Wildman–Crippen LogP) is 6.44. The normalized spacial score (nSPS) is 13.0. The Bertz CT molecular complexity index is 1110. The van der Waals surface area contributed by atoms with Crippen LogP contribution in [0.15, 0.2) is 91.0 Å². The summed E-state index contributed by atoms with van der Waals surface area (Å²) in [6, 6.07) is 31.2. The summed E-state index contributed by atoms with van der Waals surface area (Å²) in [6.45, 7) is 4.19. The first-order valence-electron chi connectivity index (χ1n) is 10.6. The Morgan fingerprint density at radius 1 is 0.548 bits per heavy atom. The number of hydrogen-bond donors (Lipinski definition) is 3. The Labute approximate surface area is 184 Å². The summed E-state index contributed by atoms with van der Waals surface area (Å²) in [4.78, 5) is 0. The van der Waals surface area contributed by atoms with Crippen molar-refractivity contribution in [2.24, 2.45) is 5.73 Å². The van der Waals surface area contributed by atoms with Gasteiger partial charge in [0.05, 0.1) is 0 Å². The number of hydrogen-bond acceptors (Lipinski definition) is 3. The summed E-state index contributed by atoms with van der Waals surface area (Å²) < 4.78 is 0. The second kappa shape index (κ2) is 8.29. The largest absolute Gasteiger partial charge is 0.399 e. The van der Waals surface area contributed by atoms with Crippen molar-refractivity contribution >= 4 is 11.4 Å². The van der Waals surface area contributed by atoms with Crippen LogP contribution in [0.3, 0.4) is 0 Å². The quantitative estimate of drug-likeness (QED) is 0.333. The minimum absolute atomic E-state index is 0.320. The molecule has 0 aliphatic carbocycles. The maximum Gasteiger partial charge on any atom is 0.0378 e. The molecule has 4 rings (SSSR count). The van der Waals surface area contributed by atoms with E-state index in [-0.39, 0.29) is 5.54 Å². The molecule has 156 valence electrons. The third-order valence-electron chi connectivity index (χ3n) is 6.03. The van der Waals surface area contributed by atoms with Crippen molar-refractivity contribution in [3.05, 3.63) is 96.6 Å². The Morgan fingerprint density at radius 2 is 0.871 bits per heavy atom. The average Bonchev–Trinajstić information content (AvgIpc) is 2.80. The molecular formula is C28H29N3. The fraction of sp³-hybridized carbons (Fsp3) is 0.143. The van der Waals surface area contributed by atoms with Gasteiger partial charge >= 0.3 is 0 Å². The Hall–Kier alpha value is -3.56. The van der Waals surface area contributed by atoms with Crippen LogP contribution in [0.4, 0.5) is 11.4 Å². The van der Waals surface area contributed by atoms with E-state index in [0.717, 1.165) is 56.7 Å². The summed E-state index contributed by atoms with van der Waals surface area (Å²) >= 11 is 0. The lowest BCUT2D eigenvalue weighted by Crippen LogP contribution is -2.31. The lowest BCUT2D eigenvalue weighted by atomic mass is 9.88. The first-order valence-corrected chi connectivity index (χ1v) is 10.6. The van der Waals surface area contributed by atoms with Crippen molar-refractivity contribution in [2.45, 2.75) is 25.8 Å². The Morgan fingerprint density at radius 3 is 1.19 bits per heavy atom. The molecule has 6 N–H and O–H groups in total. The van der Waals surface area contributed by atoms with Gasteiger partial charge in [-0.1, -0.05) is 55.5 Å². The van der Waals surface area contributed by atoms with Gasteiger partial charge in [-0.05, 0) is 94.8 Å². The lowest BCUT2D eigenvalue weighted by Gasteiger charge is -2.23. The molecule has 4 aromatic carbocycles. The summed E-state index contributed by atoms with van der Waals surface area (Å²) in [5.74, 6) is 0. The number of benzene rings is 4. The SMILES string of the molecule is CCC(C)(N)c1ccc(-c2cc(-c3ccc(N)cc3)cc(-c3ccc(N)cc3)c2)cc1. The van der Waals surface area contributed by atoms with Crippen LogP contribution < -0.4 is 17.2 Å². The molecule has 31 heavy (non-hydrogen) atoms. The maximum absolute atomic E-state index is 6.43. The first kappa shape index (κ1) is 20.7. The molecule has 0 aromatic heterocycles. The third-order valence-corrected chi connectivity index (χ3v) is 6.03. The molecule has 0 saturated heterocycles. The van der Waals surface area contributed by atoms with Crippen molar-refractivity contribution in [1.29, 1.82) is 0 Å². The molecule has 0 fully saturated rings. The molecule has 4 aromatic rings. The van der Waals surface area contributed by atoms with E-state index < -0.39 is 0 Å². The molecule has 0 amide bonds. The Balaban J connectivity index is 1.83. The van der Waals surface area contributed by atoms with E-state index in [9.17, 15) is 0 Å². The van der Waals surface area contributed by atoms with Crippen LogP contribution in [0, 0.1) is 0 Å². The van der Waals surface area contributed by atoms with Crippen LogP contribution in [-0.4, -0.2) is 0 Å². The fourth-order valence-corrected chi connectivity index (χ4v) is 3.73. The molecular weight excluding hydrogens is 378 g/mol. The van der Waals surface area contributed by atoms with Crippen LogP contribution in [0.1, 0.15) is 25.8 Å². The second-order valence-corrected chi connectivity index (χ2v) is 8.39. The maximum atomic E-state index is 6.43. The van der Waals surface area contributed by atoms with Gasteiger partial charge in [0.2, 0.25) is 0 Å². The van der Waals surface area contributed by atoms with Gasteiger partial charge in [-0.2, -0.15) is 0 Å². The smallest absolute Gasteiger partial charge is 0.0378 e. The number of anilines is 2. The lowest BCUT2D eigenvalue weighted by molar-refractivity contribution is 0.476. The van der Waals surface area contributed by atoms with E-state index in [1.165, 1.54) is 0 Å². The van der Waals surface area contributed by atoms with E-state index in [2.05, 4.69) is 80.6 Å². The fourth-order valence-electron chi connectivity index (χ4n) is 3.73. The molecule has 1 atom stereocenters. The molecule has 0 radical (unpaired) electrons. The predicted molar refractivity (Wildman–Crippen MR) is 133 cm³/mol. The standard InChI is InChI=1S/C28H29N3/c1-3-28(2,31)25-10-4-19(5-11-25)22-16-23(20-6-12-26(29)13-7-20)18-24(17-22)21-8-14-27(30)15-9-21/h4-18H,3,29-31H2,1-2H3. The molecule has 0 aliphatic heterocycles. The number of nitrogen functional groups attached to an aromatic ring is 2. The highest BCUT2D eigenvalue weighted by molar-refractivity contribution is 5.81. The number of nitrogens with two attached hydrogens (primary N) is 3. The minimum Gasteiger partial charge on any atom is -0.399 e. The molecule has 3 heteroatoms. The third kappa shape index (κ3) is 4.47. The van der Waals surface area contributed by atoms with Crippen molar-refractivity contribution in [3.63, 3.8) is 0 Å². The molecule has 1 unspecified atom stereocenters. The van der Waals surface area contributed by atoms with E-state index in [1.54, 1.807) is 0 Å². The topological polar surface area (TPSA) is 78.1 Å². The summed E-state index contributed by atoms with van der Waals surface area (Å²) in [5, 5.41) is 0. The van der Waals surface area contributed by atoms with Crippen LogP contribution in [0.5, 0.6) is 0 Å². The molecule has 3 nitrogen and oxygen atoms in total. The zero-order valence-corrected chi connectivity index (χ0v) is 18.1. The van der Waals surface area contributed by atoms with Crippen LogP contribution in [0.2, 0.25) is 0 Å². The van der Waals surface area contributed by atoms with Gasteiger partial charge in [0.25, 0.3) is 0 Å². The van der Waals surface area contributed by atoms with Gasteiger partial charge in [0, 0.05) is 16.9 Å². The van der Waals surface area contributed by atoms with Gasteiger partial charge in [-0.3, -0.25) is 0 Å². The van der Waals surface area contributed by atoms with E-state index >= 15 is 0 Å². The van der Waals surface area contributed by atoms with Crippen LogP contribution in [-0.2, 0) is 5.54 Å². The van der Waals surface area contributed by atoms with Gasteiger partial charge < -0.3 is 17.2 Å². The Kier molecular flexibility index (Phi) is 5.53. The second-order valence-electron chi connectivity index (χ2n) is 8.39. The van der Waals surface area contributed by atoms with E-state index in [1.807, 2.05) is 24.3 Å². The van der Waals surface area contributed by atoms with Crippen molar-refractivity contribution in [1.82, 2.24) is 0 Å². The zero-order valence-electron chi connectivity index (χ0n) is 18.1. The molecule has 0 saturated carbocycles. The van der Waals surface area contributed by atoms with Crippen molar-refractivity contribution < 1.29 is 0 Å².